The van der Waals surface area contributed by atoms with Gasteiger partial charge >= 0.3 is 5.97 Å². The van der Waals surface area contributed by atoms with Gasteiger partial charge in [-0.1, -0.05) is 11.2 Å². The number of rotatable bonds is 7. The number of oxime groups is 1. The maximum Gasteiger partial charge on any atom is 0.352 e. The Labute approximate surface area is 195 Å². The van der Waals surface area contributed by atoms with Crippen molar-refractivity contribution in [2.75, 3.05) is 25.1 Å². The number of aliphatic carboxylic acids is 1. The average Bonchev–Trinajstić information content (AvgIpc) is 3.35. The Balaban J connectivity index is 1.48. The number of carbonyl (C=O) groups excluding carboxylic acids is 1. The molecule has 1 fully saturated rings. The van der Waals surface area contributed by atoms with E-state index < -0.39 is 11.9 Å². The lowest BCUT2D eigenvalue weighted by Gasteiger charge is -2.51. The lowest BCUT2D eigenvalue weighted by molar-refractivity contribution is -0.135. The van der Waals surface area contributed by atoms with Crippen molar-refractivity contribution in [1.29, 1.82) is 0 Å². The van der Waals surface area contributed by atoms with E-state index in [0.29, 0.717) is 23.1 Å². The Kier molecular flexibility index (Phi) is 6.48. The van der Waals surface area contributed by atoms with Crippen LogP contribution in [-0.4, -0.2) is 68.4 Å². The van der Waals surface area contributed by atoms with Crippen LogP contribution in [-0.2, 0) is 14.4 Å². The monoisotopic (exact) mass is 492 g/mol. The molecule has 4 heterocycles. The van der Waals surface area contributed by atoms with E-state index in [-0.39, 0.29) is 22.8 Å². The second-order valence-corrected chi connectivity index (χ2v) is 9.82. The molecule has 1 amide bonds. The van der Waals surface area contributed by atoms with Gasteiger partial charge in [0.15, 0.2) is 10.8 Å². The molecule has 0 unspecified atom stereocenters. The highest BCUT2D eigenvalue weighted by molar-refractivity contribution is 8.00. The van der Waals surface area contributed by atoms with E-state index in [1.54, 1.807) is 27.6 Å². The number of amides is 1. The Morgan fingerprint density at radius 2 is 2.22 bits per heavy atom. The van der Waals surface area contributed by atoms with Crippen molar-refractivity contribution >= 4 is 63.2 Å². The molecular formula is C19H20N6O4S3. The number of allylic oxidation sites excluding steroid dienone is 1. The number of aromatic nitrogens is 2. The summed E-state index contributed by atoms with van der Waals surface area (Å²) in [4.78, 5) is 40.7. The van der Waals surface area contributed by atoms with Crippen molar-refractivity contribution in [3.05, 3.63) is 44.5 Å². The largest absolute Gasteiger partial charge is 0.477 e. The normalized spacial score (nSPS) is 20.8. The molecule has 4 N–H and O–H groups in total. The topological polar surface area (TPSA) is 143 Å². The number of nitrogens with zero attached hydrogens (tertiary/aromatic N) is 4. The van der Waals surface area contributed by atoms with Crippen LogP contribution in [0.4, 0.5) is 5.13 Å². The molecule has 13 heteroatoms. The summed E-state index contributed by atoms with van der Waals surface area (Å²) in [6.07, 6.45) is 3.74. The molecule has 0 spiro atoms. The zero-order valence-electron chi connectivity index (χ0n) is 17.1. The van der Waals surface area contributed by atoms with Crippen molar-refractivity contribution in [3.63, 3.8) is 0 Å². The molecule has 0 radical (unpaired) electrons. The molecular weight excluding hydrogens is 472 g/mol. The number of nitrogen functional groups attached to an aromatic ring is 1. The summed E-state index contributed by atoms with van der Waals surface area (Å²) < 4.78 is 0. The van der Waals surface area contributed by atoms with Gasteiger partial charge in [0.05, 0.1) is 22.6 Å². The van der Waals surface area contributed by atoms with Gasteiger partial charge in [-0.15, -0.1) is 34.4 Å². The van der Waals surface area contributed by atoms with E-state index in [1.807, 2.05) is 19.1 Å². The van der Waals surface area contributed by atoms with Crippen LogP contribution in [0.25, 0.3) is 6.08 Å². The number of anilines is 1. The number of fused-ring (bicyclic) bond motifs is 1. The van der Waals surface area contributed by atoms with Crippen LogP contribution in [0.15, 0.2) is 33.4 Å². The minimum atomic E-state index is -0.986. The molecule has 2 aromatic heterocycles. The summed E-state index contributed by atoms with van der Waals surface area (Å²) in [5.41, 5.74) is 9.68. The summed E-state index contributed by atoms with van der Waals surface area (Å²) in [5, 5.41) is 18.3. The van der Waals surface area contributed by atoms with Gasteiger partial charge in [0.25, 0.3) is 5.91 Å². The number of hydrogen-bond acceptors (Lipinski definition) is 11. The van der Waals surface area contributed by atoms with Crippen LogP contribution in [0.5, 0.6) is 0 Å². The highest BCUT2D eigenvalue weighted by atomic mass is 32.2. The third kappa shape index (κ3) is 4.36. The smallest absolute Gasteiger partial charge is 0.352 e. The van der Waals surface area contributed by atoms with Gasteiger partial charge < -0.3 is 25.9 Å². The van der Waals surface area contributed by atoms with Gasteiger partial charge in [0.2, 0.25) is 0 Å². The molecule has 2 aliphatic heterocycles. The molecule has 0 aromatic carbocycles. The van der Waals surface area contributed by atoms with Crippen molar-refractivity contribution in [3.8, 4) is 0 Å². The van der Waals surface area contributed by atoms with E-state index in [1.165, 1.54) is 29.8 Å². The number of aryl methyl sites for hydroxylation is 1. The minimum absolute atomic E-state index is 0.0252. The third-order valence-corrected chi connectivity index (χ3v) is 7.92. The lowest BCUT2D eigenvalue weighted by atomic mass is 10.0. The molecule has 2 aliphatic rings. The maximum absolute atomic E-state index is 12.8. The van der Waals surface area contributed by atoms with Crippen LogP contribution < -0.4 is 11.1 Å². The first kappa shape index (κ1) is 22.3. The Bertz CT molecular complexity index is 1140. The zero-order chi connectivity index (χ0) is 22.8. The molecule has 1 saturated heterocycles. The van der Waals surface area contributed by atoms with Crippen molar-refractivity contribution in [2.45, 2.75) is 18.3 Å². The molecule has 4 rings (SSSR count). The van der Waals surface area contributed by atoms with Crippen LogP contribution in [0.1, 0.15) is 16.3 Å². The first-order chi connectivity index (χ1) is 15.4. The Morgan fingerprint density at radius 1 is 1.41 bits per heavy atom. The summed E-state index contributed by atoms with van der Waals surface area (Å²) in [6.45, 7) is 2.29. The molecule has 0 aliphatic carbocycles. The predicted molar refractivity (Wildman–Crippen MR) is 126 cm³/mol. The van der Waals surface area contributed by atoms with Gasteiger partial charge in [-0.2, -0.15) is 0 Å². The lowest BCUT2D eigenvalue weighted by Crippen LogP contribution is -2.67. The number of nitrogens with two attached hydrogens (primary N) is 1. The Hall–Kier alpha value is -2.90. The van der Waals surface area contributed by atoms with Gasteiger partial charge in [0.1, 0.15) is 18.5 Å². The fourth-order valence-corrected chi connectivity index (χ4v) is 6.00. The highest BCUT2D eigenvalue weighted by Gasteiger charge is 2.46. The second-order valence-electron chi connectivity index (χ2n) is 6.94. The van der Waals surface area contributed by atoms with Crippen LogP contribution >= 0.6 is 34.4 Å². The number of thiazole rings is 2. The fraction of sp³-hybridized carbons (Fsp3) is 0.316. The number of carboxylic acids is 1. The minimum Gasteiger partial charge on any atom is -0.477 e. The number of nitrogens with one attached hydrogen (secondary N) is 1. The van der Waals surface area contributed by atoms with E-state index in [4.69, 9.17) is 10.6 Å². The number of thioether (sulfide) groups is 1. The highest BCUT2D eigenvalue weighted by Crippen LogP contribution is 2.40. The van der Waals surface area contributed by atoms with Crippen LogP contribution in [0.3, 0.4) is 0 Å². The van der Waals surface area contributed by atoms with Crippen LogP contribution in [0, 0.1) is 6.92 Å². The second kappa shape index (κ2) is 9.30. The van der Waals surface area contributed by atoms with Crippen molar-refractivity contribution in [1.82, 2.24) is 20.2 Å². The van der Waals surface area contributed by atoms with Gasteiger partial charge in [-0.05, 0) is 18.6 Å². The quantitative estimate of drug-likeness (QED) is 0.389. The summed E-state index contributed by atoms with van der Waals surface area (Å²) in [5.74, 6) is -0.916. The Morgan fingerprint density at radius 3 is 2.84 bits per heavy atom. The average molecular weight is 493 g/mol. The molecule has 168 valence electrons. The number of carbonyl (C=O) groups is 2. The standard InChI is InChI=1S/C19H20N6O4S3/c1-9-13(32-8-21-9)4-3-10-6-30-17-11(5-25(17)15(10)18(27)28)22-16(26)14(24-29-2)12-7-31-19(20)23-12/h3-4,7-8,11,17H,5-6H2,1-2H3,(H2,20,23)(H,22,26)(H,27,28)/b4-3-,24-14-/t11-,17-/m1/s1. The third-order valence-electron chi connectivity index (χ3n) is 4.95. The fourth-order valence-electron chi connectivity index (χ4n) is 3.42. The number of carboxylic acid groups (broad SMARTS) is 1. The summed E-state index contributed by atoms with van der Waals surface area (Å²) >= 11 is 4.29. The van der Waals surface area contributed by atoms with Gasteiger partial charge in [0, 0.05) is 22.6 Å². The predicted octanol–water partition coefficient (Wildman–Crippen LogP) is 1.77. The first-order valence-corrected chi connectivity index (χ1v) is 12.3. The molecule has 0 saturated carbocycles. The molecule has 0 bridgehead atoms. The summed E-state index contributed by atoms with van der Waals surface area (Å²) in [6, 6.07) is -0.242. The molecule has 32 heavy (non-hydrogen) atoms. The van der Waals surface area contributed by atoms with Crippen molar-refractivity contribution < 1.29 is 19.5 Å². The van der Waals surface area contributed by atoms with E-state index in [9.17, 15) is 14.7 Å². The zero-order valence-corrected chi connectivity index (χ0v) is 19.6. The van der Waals surface area contributed by atoms with Gasteiger partial charge in [-0.3, -0.25) is 4.79 Å². The molecule has 2 atom stereocenters. The molecule has 2 aromatic rings. The molecule has 10 nitrogen and oxygen atoms in total. The van der Waals surface area contributed by atoms with E-state index in [0.717, 1.165) is 16.1 Å². The summed E-state index contributed by atoms with van der Waals surface area (Å²) in [7, 11) is 1.35. The SMILES string of the molecule is CO/N=C(\C(=O)N[C@@H]1CN2C(C(=O)O)=C(/C=C\c3scnc3C)CS[C@H]12)c1csc(N)n1. The van der Waals surface area contributed by atoms with Gasteiger partial charge in [-0.25, -0.2) is 14.8 Å². The number of hydrogen-bond donors (Lipinski definition) is 3. The van der Waals surface area contributed by atoms with E-state index >= 15 is 0 Å². The first-order valence-electron chi connectivity index (χ1n) is 9.45. The maximum atomic E-state index is 12.8. The van der Waals surface area contributed by atoms with Crippen LogP contribution in [0.2, 0.25) is 0 Å². The van der Waals surface area contributed by atoms with Crippen molar-refractivity contribution in [2.24, 2.45) is 5.16 Å². The van der Waals surface area contributed by atoms with E-state index in [2.05, 4.69) is 20.4 Å².